The Hall–Kier alpha value is -1.30. The van der Waals surface area contributed by atoms with Gasteiger partial charge in [-0.3, -0.25) is 0 Å². The molecular weight excluding hydrogens is 440 g/mol. The van der Waals surface area contributed by atoms with Crippen molar-refractivity contribution in [1.82, 2.24) is 0 Å². The summed E-state index contributed by atoms with van der Waals surface area (Å²) in [5, 5.41) is 11.7. The van der Waals surface area contributed by atoms with Crippen LogP contribution >= 0.6 is 0 Å². The summed E-state index contributed by atoms with van der Waals surface area (Å²) in [6.07, 6.45) is 20.7. The summed E-state index contributed by atoms with van der Waals surface area (Å²) < 4.78 is 6.43. The molecule has 2 heteroatoms. The first kappa shape index (κ1) is 32.7. The molecule has 0 aromatic heterocycles. The Balaban J connectivity index is 2.60. The highest BCUT2D eigenvalue weighted by molar-refractivity contribution is 5.19. The molecule has 0 spiro atoms. The summed E-state index contributed by atoms with van der Waals surface area (Å²) in [5.41, 5.74) is -0.180. The van der Waals surface area contributed by atoms with Gasteiger partial charge >= 0.3 is 0 Å². The van der Waals surface area contributed by atoms with Gasteiger partial charge in [-0.15, -0.1) is 5.92 Å². The number of ether oxygens (including phenoxy) is 1. The molecule has 0 radical (unpaired) electrons. The van der Waals surface area contributed by atoms with Crippen molar-refractivity contribution in [2.45, 2.75) is 162 Å². The summed E-state index contributed by atoms with van der Waals surface area (Å²) in [5.74, 6) is 6.59. The van der Waals surface area contributed by atoms with Crippen LogP contribution in [0.2, 0.25) is 0 Å². The Kier molecular flexibility index (Phi) is 18.0. The first-order chi connectivity index (χ1) is 17.3. The lowest BCUT2D eigenvalue weighted by Gasteiger charge is -2.38. The van der Waals surface area contributed by atoms with Crippen molar-refractivity contribution in [2.75, 3.05) is 0 Å². The summed E-state index contributed by atoms with van der Waals surface area (Å²) >= 11 is 0. The van der Waals surface area contributed by atoms with Crippen LogP contribution < -0.4 is 0 Å². The van der Waals surface area contributed by atoms with Crippen molar-refractivity contribution in [3.63, 3.8) is 0 Å². The Morgan fingerprint density at radius 2 is 1.28 bits per heavy atom. The van der Waals surface area contributed by atoms with E-state index in [1.165, 1.54) is 82.6 Å². The van der Waals surface area contributed by atoms with Crippen LogP contribution in [0, 0.1) is 17.3 Å². The van der Waals surface area contributed by atoms with Gasteiger partial charge in [-0.1, -0.05) is 154 Å². The molecule has 0 saturated heterocycles. The Labute approximate surface area is 225 Å². The van der Waals surface area contributed by atoms with Gasteiger partial charge in [0.2, 0.25) is 0 Å². The number of benzene rings is 1. The molecule has 1 aromatic carbocycles. The van der Waals surface area contributed by atoms with Crippen LogP contribution in [0.1, 0.15) is 149 Å². The number of aliphatic hydroxyl groups is 1. The lowest BCUT2D eigenvalue weighted by Crippen LogP contribution is -2.45. The number of hydrogen-bond acceptors (Lipinski definition) is 2. The molecule has 1 rings (SSSR count). The molecule has 0 amide bonds. The zero-order chi connectivity index (χ0) is 26.5. The van der Waals surface area contributed by atoms with E-state index in [2.05, 4.69) is 70.7 Å². The maximum Gasteiger partial charge on any atom is 0.132 e. The van der Waals surface area contributed by atoms with Crippen LogP contribution in [0.25, 0.3) is 0 Å². The molecule has 1 N–H and O–H groups in total. The predicted molar refractivity (Wildman–Crippen MR) is 157 cm³/mol. The van der Waals surface area contributed by atoms with E-state index in [0.29, 0.717) is 13.0 Å². The van der Waals surface area contributed by atoms with Crippen molar-refractivity contribution < 1.29 is 9.84 Å². The van der Waals surface area contributed by atoms with Gasteiger partial charge in [0, 0.05) is 18.3 Å². The van der Waals surface area contributed by atoms with Gasteiger partial charge < -0.3 is 9.84 Å². The van der Waals surface area contributed by atoms with Gasteiger partial charge in [-0.2, -0.15) is 0 Å². The van der Waals surface area contributed by atoms with Crippen LogP contribution in [-0.4, -0.2) is 16.8 Å². The first-order valence-corrected chi connectivity index (χ1v) is 15.2. The largest absolute Gasteiger partial charge is 0.377 e. The van der Waals surface area contributed by atoms with E-state index >= 15 is 0 Å². The molecular formula is C34H58O2. The fraction of sp³-hybridized carbons (Fsp3) is 0.765. The molecule has 0 saturated carbocycles. The highest BCUT2D eigenvalue weighted by Gasteiger charge is 2.40. The monoisotopic (exact) mass is 498 g/mol. The van der Waals surface area contributed by atoms with E-state index in [1.54, 1.807) is 0 Å². The third-order valence-electron chi connectivity index (χ3n) is 7.42. The molecule has 0 heterocycles. The Morgan fingerprint density at radius 3 is 1.83 bits per heavy atom. The topological polar surface area (TPSA) is 29.5 Å². The quantitative estimate of drug-likeness (QED) is 0.143. The molecule has 0 aliphatic rings. The van der Waals surface area contributed by atoms with Gasteiger partial charge in [0.25, 0.3) is 0 Å². The van der Waals surface area contributed by atoms with Crippen molar-refractivity contribution in [3.05, 3.63) is 35.9 Å². The molecule has 0 aliphatic heterocycles. The lowest BCUT2D eigenvalue weighted by molar-refractivity contribution is -0.0690. The van der Waals surface area contributed by atoms with E-state index in [-0.39, 0.29) is 11.5 Å². The maximum absolute atomic E-state index is 11.7. The van der Waals surface area contributed by atoms with Gasteiger partial charge in [-0.25, -0.2) is 0 Å². The minimum absolute atomic E-state index is 0.0120. The SMILES string of the molecule is CCCCCC#CC(O)(C[C@H](CCCCCCCCCCCCC)OCc1ccccc1)C(C)(C)C. The summed E-state index contributed by atoms with van der Waals surface area (Å²) in [6, 6.07) is 10.4. The normalized spacial score (nSPS) is 14.2. The van der Waals surface area contributed by atoms with Crippen molar-refractivity contribution in [1.29, 1.82) is 0 Å². The molecule has 2 nitrogen and oxygen atoms in total. The average molecular weight is 499 g/mol. The summed E-state index contributed by atoms with van der Waals surface area (Å²) in [6.45, 7) is 11.4. The molecule has 0 aliphatic carbocycles. The molecule has 1 unspecified atom stereocenters. The lowest BCUT2D eigenvalue weighted by atomic mass is 9.73. The first-order valence-electron chi connectivity index (χ1n) is 15.2. The number of rotatable bonds is 20. The fourth-order valence-corrected chi connectivity index (χ4v) is 4.62. The fourth-order valence-electron chi connectivity index (χ4n) is 4.62. The number of unbranched alkanes of at least 4 members (excludes halogenated alkanes) is 13. The molecule has 0 fully saturated rings. The summed E-state index contributed by atoms with van der Waals surface area (Å²) in [7, 11) is 0. The van der Waals surface area contributed by atoms with E-state index < -0.39 is 5.60 Å². The van der Waals surface area contributed by atoms with Crippen LogP contribution in [0.5, 0.6) is 0 Å². The Bertz CT molecular complexity index is 693. The van der Waals surface area contributed by atoms with Crippen LogP contribution in [0.4, 0.5) is 0 Å². The molecule has 206 valence electrons. The predicted octanol–water partition coefficient (Wildman–Crippen LogP) is 10.0. The second kappa shape index (κ2) is 19.8. The minimum Gasteiger partial charge on any atom is -0.377 e. The van der Waals surface area contributed by atoms with E-state index in [1.807, 2.05) is 6.07 Å². The van der Waals surface area contributed by atoms with Crippen LogP contribution in [0.15, 0.2) is 30.3 Å². The van der Waals surface area contributed by atoms with Crippen molar-refractivity contribution in [2.24, 2.45) is 5.41 Å². The number of hydrogen-bond donors (Lipinski definition) is 1. The maximum atomic E-state index is 11.7. The highest BCUT2D eigenvalue weighted by Crippen LogP contribution is 2.35. The zero-order valence-electron chi connectivity index (χ0n) is 24.5. The van der Waals surface area contributed by atoms with Crippen molar-refractivity contribution >= 4 is 0 Å². The van der Waals surface area contributed by atoms with Crippen LogP contribution in [-0.2, 0) is 11.3 Å². The zero-order valence-corrected chi connectivity index (χ0v) is 24.5. The van der Waals surface area contributed by atoms with Crippen LogP contribution in [0.3, 0.4) is 0 Å². The summed E-state index contributed by atoms with van der Waals surface area (Å²) in [4.78, 5) is 0. The van der Waals surface area contributed by atoms with Crippen molar-refractivity contribution in [3.8, 4) is 11.8 Å². The molecule has 36 heavy (non-hydrogen) atoms. The van der Waals surface area contributed by atoms with E-state index in [4.69, 9.17) is 4.74 Å². The smallest absolute Gasteiger partial charge is 0.132 e. The third kappa shape index (κ3) is 15.1. The highest BCUT2D eigenvalue weighted by atomic mass is 16.5. The van der Waals surface area contributed by atoms with Gasteiger partial charge in [0.15, 0.2) is 0 Å². The average Bonchev–Trinajstić information content (AvgIpc) is 2.85. The third-order valence-corrected chi connectivity index (χ3v) is 7.42. The second-order valence-corrected chi connectivity index (χ2v) is 11.8. The molecule has 2 atom stereocenters. The molecule has 0 bridgehead atoms. The second-order valence-electron chi connectivity index (χ2n) is 11.8. The molecule has 1 aromatic rings. The standard InChI is InChI=1S/C34H58O2/c1-6-8-10-12-13-14-15-16-17-18-23-27-32(36-30-31-25-21-20-22-26-31)29-34(35,33(3,4)5)28-24-19-11-9-7-2/h20-22,25-26,32,35H,6-19,23,27,29-30H2,1-5H3/t32-,34?/m0/s1. The Morgan fingerprint density at radius 1 is 0.750 bits per heavy atom. The van der Waals surface area contributed by atoms with Gasteiger partial charge in [-0.05, 0) is 18.4 Å². The van der Waals surface area contributed by atoms with Gasteiger partial charge in [0.05, 0.1) is 12.7 Å². The van der Waals surface area contributed by atoms with Gasteiger partial charge in [0.1, 0.15) is 5.60 Å². The minimum atomic E-state index is -1.04. The van der Waals surface area contributed by atoms with E-state index in [0.717, 1.165) is 25.7 Å². The van der Waals surface area contributed by atoms with E-state index in [9.17, 15) is 5.11 Å².